The predicted octanol–water partition coefficient (Wildman–Crippen LogP) is 2.75. The molecule has 0 heterocycles. The van der Waals surface area contributed by atoms with Gasteiger partial charge in [-0.1, -0.05) is 31.6 Å². The zero-order chi connectivity index (χ0) is 13.1. The van der Waals surface area contributed by atoms with Gasteiger partial charge in [0.15, 0.2) is 11.6 Å². The third-order valence-electron chi connectivity index (χ3n) is 2.91. The molecule has 0 bridgehead atoms. The highest BCUT2D eigenvalue weighted by atomic mass is 28.3. The van der Waals surface area contributed by atoms with Crippen molar-refractivity contribution in [3.05, 3.63) is 12.7 Å². The highest BCUT2D eigenvalue weighted by Crippen LogP contribution is 2.35. The quantitative estimate of drug-likeness (QED) is 0.333. The van der Waals surface area contributed by atoms with Crippen molar-refractivity contribution in [2.75, 3.05) is 0 Å². The van der Waals surface area contributed by atoms with Crippen LogP contribution in [0.1, 0.15) is 25.7 Å². The first-order valence-corrected chi connectivity index (χ1v) is 9.54. The van der Waals surface area contributed by atoms with Crippen LogP contribution in [0.4, 0.5) is 0 Å². The van der Waals surface area contributed by atoms with E-state index in [9.17, 15) is 9.59 Å². The molecule has 0 aliphatic heterocycles. The van der Waals surface area contributed by atoms with Crippen LogP contribution >= 0.6 is 0 Å². The lowest BCUT2D eigenvalue weighted by atomic mass is 9.81. The molecule has 17 heavy (non-hydrogen) atoms. The molecule has 0 amide bonds. The van der Waals surface area contributed by atoms with Gasteiger partial charge in [0.2, 0.25) is 0 Å². The minimum absolute atomic E-state index is 0.00935. The van der Waals surface area contributed by atoms with E-state index in [1.807, 2.05) is 0 Å². The number of carbonyl (C=O) groups is 2. The van der Waals surface area contributed by atoms with Crippen molar-refractivity contribution in [2.45, 2.75) is 45.3 Å². The van der Waals surface area contributed by atoms with Crippen LogP contribution in [-0.4, -0.2) is 19.6 Å². The van der Waals surface area contributed by atoms with Crippen LogP contribution in [0.15, 0.2) is 12.7 Å². The normalized spacial score (nSPS) is 18.8. The molecule has 1 fully saturated rings. The number of carbonyl (C=O) groups excluding carboxylic acids is 2. The third-order valence-corrected chi connectivity index (χ3v) is 3.78. The summed E-state index contributed by atoms with van der Waals surface area (Å²) in [6.45, 7) is 10.00. The zero-order valence-corrected chi connectivity index (χ0v) is 11.9. The van der Waals surface area contributed by atoms with E-state index in [0.29, 0.717) is 25.7 Å². The van der Waals surface area contributed by atoms with Gasteiger partial charge in [-0.15, -0.1) is 12.1 Å². The van der Waals surface area contributed by atoms with E-state index in [4.69, 9.17) is 0 Å². The number of rotatable bonds is 3. The molecule has 0 spiro atoms. The maximum absolute atomic E-state index is 12.0. The van der Waals surface area contributed by atoms with Crippen LogP contribution in [0.25, 0.3) is 0 Å². The molecule has 0 aromatic carbocycles. The molecule has 3 heteroatoms. The first-order chi connectivity index (χ1) is 7.82. The second kappa shape index (κ2) is 5.01. The fraction of sp³-hybridized carbons (Fsp3) is 0.571. The van der Waals surface area contributed by atoms with Crippen molar-refractivity contribution in [1.82, 2.24) is 0 Å². The van der Waals surface area contributed by atoms with E-state index in [1.54, 1.807) is 6.08 Å². The SMILES string of the molecule is C=CCCC1(C#C[Si](C)(C)C)C(=O)CCC1=O. The van der Waals surface area contributed by atoms with Gasteiger partial charge in [-0.3, -0.25) is 9.59 Å². The Hall–Kier alpha value is -1.14. The monoisotopic (exact) mass is 248 g/mol. The summed E-state index contributed by atoms with van der Waals surface area (Å²) in [5, 5.41) is 0. The molecule has 1 aliphatic carbocycles. The van der Waals surface area contributed by atoms with E-state index in [0.717, 1.165) is 0 Å². The Balaban J connectivity index is 3.09. The number of hydrogen-bond acceptors (Lipinski definition) is 2. The summed E-state index contributed by atoms with van der Waals surface area (Å²) in [4.78, 5) is 24.0. The number of ketones is 2. The van der Waals surface area contributed by atoms with Crippen LogP contribution in [0, 0.1) is 16.9 Å². The van der Waals surface area contributed by atoms with Gasteiger partial charge in [0.05, 0.1) is 0 Å². The minimum atomic E-state index is -1.56. The van der Waals surface area contributed by atoms with Crippen molar-refractivity contribution in [3.63, 3.8) is 0 Å². The van der Waals surface area contributed by atoms with Crippen molar-refractivity contribution >= 4 is 19.6 Å². The third kappa shape index (κ3) is 3.16. The summed E-state index contributed by atoms with van der Waals surface area (Å²) in [5.74, 6) is 3.05. The van der Waals surface area contributed by atoms with E-state index < -0.39 is 13.5 Å². The topological polar surface area (TPSA) is 34.1 Å². The first kappa shape index (κ1) is 13.9. The van der Waals surface area contributed by atoms with Crippen molar-refractivity contribution < 1.29 is 9.59 Å². The molecule has 0 saturated heterocycles. The summed E-state index contributed by atoms with van der Waals surface area (Å²) in [6.07, 6.45) is 3.63. The van der Waals surface area contributed by atoms with E-state index in [-0.39, 0.29) is 11.6 Å². The fourth-order valence-electron chi connectivity index (χ4n) is 1.90. The maximum Gasteiger partial charge on any atom is 0.158 e. The van der Waals surface area contributed by atoms with Crippen LogP contribution in [0.5, 0.6) is 0 Å². The van der Waals surface area contributed by atoms with E-state index in [2.05, 4.69) is 37.7 Å². The minimum Gasteiger partial charge on any atom is -0.297 e. The average molecular weight is 248 g/mol. The Kier molecular flexibility index (Phi) is 4.10. The average Bonchev–Trinajstić information content (AvgIpc) is 2.50. The Bertz CT molecular complexity index is 388. The van der Waals surface area contributed by atoms with Crippen molar-refractivity contribution in [1.29, 1.82) is 0 Å². The molecule has 0 radical (unpaired) electrons. The van der Waals surface area contributed by atoms with Gasteiger partial charge in [-0.2, -0.15) is 0 Å². The summed E-state index contributed by atoms with van der Waals surface area (Å²) >= 11 is 0. The maximum atomic E-state index is 12.0. The lowest BCUT2D eigenvalue weighted by Crippen LogP contribution is -2.32. The summed E-state index contributed by atoms with van der Waals surface area (Å²) in [5.41, 5.74) is 2.18. The lowest BCUT2D eigenvalue weighted by molar-refractivity contribution is -0.131. The van der Waals surface area contributed by atoms with Gasteiger partial charge in [0, 0.05) is 12.8 Å². The highest BCUT2D eigenvalue weighted by molar-refractivity contribution is 6.83. The Morgan fingerprint density at radius 2 is 1.82 bits per heavy atom. The Morgan fingerprint density at radius 1 is 1.29 bits per heavy atom. The molecular formula is C14H20O2Si. The van der Waals surface area contributed by atoms with Gasteiger partial charge in [0.25, 0.3) is 0 Å². The lowest BCUT2D eigenvalue weighted by Gasteiger charge is -2.19. The molecule has 0 aromatic rings. The van der Waals surface area contributed by atoms with Gasteiger partial charge in [0.1, 0.15) is 13.5 Å². The van der Waals surface area contributed by atoms with Crippen LogP contribution in [0.3, 0.4) is 0 Å². The summed E-state index contributed by atoms with van der Waals surface area (Å²) < 4.78 is 0. The van der Waals surface area contributed by atoms with Gasteiger partial charge in [-0.25, -0.2) is 0 Å². The number of hydrogen-bond donors (Lipinski definition) is 0. The first-order valence-electron chi connectivity index (χ1n) is 6.04. The second-order valence-electron chi connectivity index (χ2n) is 5.58. The van der Waals surface area contributed by atoms with E-state index in [1.165, 1.54) is 0 Å². The molecule has 0 N–H and O–H groups in total. The Labute approximate surface area is 104 Å². The highest BCUT2D eigenvalue weighted by Gasteiger charge is 2.47. The molecule has 2 nitrogen and oxygen atoms in total. The van der Waals surface area contributed by atoms with Crippen molar-refractivity contribution in [3.8, 4) is 11.5 Å². The largest absolute Gasteiger partial charge is 0.297 e. The van der Waals surface area contributed by atoms with Crippen LogP contribution < -0.4 is 0 Å². The molecule has 0 unspecified atom stereocenters. The molecular weight excluding hydrogens is 228 g/mol. The Morgan fingerprint density at radius 3 is 2.24 bits per heavy atom. The fourth-order valence-corrected chi connectivity index (χ4v) is 2.49. The van der Waals surface area contributed by atoms with Crippen molar-refractivity contribution in [2.24, 2.45) is 5.41 Å². The predicted molar refractivity (Wildman–Crippen MR) is 72.2 cm³/mol. The number of allylic oxidation sites excluding steroid dienone is 1. The summed E-state index contributed by atoms with van der Waals surface area (Å²) in [7, 11) is -1.56. The van der Waals surface area contributed by atoms with Gasteiger partial charge in [-0.05, 0) is 12.8 Å². The molecule has 1 rings (SSSR count). The molecule has 1 saturated carbocycles. The zero-order valence-electron chi connectivity index (χ0n) is 10.9. The van der Waals surface area contributed by atoms with E-state index >= 15 is 0 Å². The molecule has 0 aromatic heterocycles. The molecule has 1 aliphatic rings. The number of Topliss-reactive ketones (excluding diaryl/α,β-unsaturated/α-hetero) is 2. The van der Waals surface area contributed by atoms with Crippen LogP contribution in [-0.2, 0) is 9.59 Å². The summed E-state index contributed by atoms with van der Waals surface area (Å²) in [6, 6.07) is 0. The smallest absolute Gasteiger partial charge is 0.158 e. The standard InChI is InChI=1S/C14H20O2Si/c1-5-6-9-14(10-11-17(2,3)4)12(15)7-8-13(14)16/h5H,1,6-9H2,2-4H3. The molecule has 92 valence electrons. The van der Waals surface area contributed by atoms with Gasteiger partial charge >= 0.3 is 0 Å². The second-order valence-corrected chi connectivity index (χ2v) is 10.3. The van der Waals surface area contributed by atoms with Crippen LogP contribution in [0.2, 0.25) is 19.6 Å². The van der Waals surface area contributed by atoms with Gasteiger partial charge < -0.3 is 0 Å². The molecule has 0 atom stereocenters.